The first-order valence-corrected chi connectivity index (χ1v) is 11.9. The van der Waals surface area contributed by atoms with Crippen molar-refractivity contribution in [3.63, 3.8) is 0 Å². The summed E-state index contributed by atoms with van der Waals surface area (Å²) in [5, 5.41) is -13.1. The number of hydrogen-bond donors (Lipinski definition) is 0. The number of halogens is 6. The maximum absolute atomic E-state index is 14.3. The van der Waals surface area contributed by atoms with Crippen LogP contribution in [0.1, 0.15) is 46.0 Å². The molecule has 0 atom stereocenters. The highest BCUT2D eigenvalue weighted by atomic mass is 32.2. The number of carbonyl (C=O) groups excluding carboxylic acids is 1. The molecular weight excluding hydrogens is 480 g/mol. The van der Waals surface area contributed by atoms with Gasteiger partial charge in [0.1, 0.15) is 5.76 Å². The van der Waals surface area contributed by atoms with Gasteiger partial charge in [0.2, 0.25) is 0 Å². The molecule has 0 aromatic rings. The molecule has 180 valence electrons. The number of piperidine rings is 1. The van der Waals surface area contributed by atoms with Crippen LogP contribution in [0.25, 0.3) is 0 Å². The predicted octanol–water partition coefficient (Wildman–Crippen LogP) is 3.24. The fourth-order valence-corrected chi connectivity index (χ4v) is 5.81. The van der Waals surface area contributed by atoms with Crippen molar-refractivity contribution in [2.75, 3.05) is 13.1 Å². The highest BCUT2D eigenvalue weighted by Gasteiger charge is 2.83. The average Bonchev–Trinajstić information content (AvgIpc) is 2.59. The van der Waals surface area contributed by atoms with Crippen LogP contribution < -0.4 is 0 Å². The van der Waals surface area contributed by atoms with Gasteiger partial charge in [-0.15, -0.1) is 0 Å². The molecule has 1 fully saturated rings. The van der Waals surface area contributed by atoms with Crippen molar-refractivity contribution >= 4 is 25.9 Å². The maximum atomic E-state index is 14.3. The van der Waals surface area contributed by atoms with Crippen LogP contribution in [-0.2, 0) is 29.1 Å². The number of hydrogen-bond acceptors (Lipinski definition) is 6. The van der Waals surface area contributed by atoms with Gasteiger partial charge in [-0.05, 0) is 18.3 Å². The van der Waals surface area contributed by atoms with Crippen LogP contribution in [0.15, 0.2) is 11.8 Å². The van der Waals surface area contributed by atoms with E-state index in [1.54, 1.807) is 0 Å². The molecule has 0 N–H and O–H groups in total. The molecule has 7 nitrogen and oxygen atoms in total. The minimum atomic E-state index is -6.89. The lowest BCUT2D eigenvalue weighted by Gasteiger charge is -2.36. The Kier molecular flexibility index (Phi) is 6.60. The lowest BCUT2D eigenvalue weighted by Crippen LogP contribution is -2.63. The second-order valence-corrected chi connectivity index (χ2v) is 11.8. The molecule has 0 aromatic carbocycles. The Hall–Kier alpha value is -1.35. The number of sulfonamides is 1. The van der Waals surface area contributed by atoms with Crippen LogP contribution in [0.4, 0.5) is 26.3 Å². The summed E-state index contributed by atoms with van der Waals surface area (Å²) in [7, 11) is -13.2. The third kappa shape index (κ3) is 4.45. The highest BCUT2D eigenvalue weighted by molar-refractivity contribution is 7.90. The van der Waals surface area contributed by atoms with Crippen LogP contribution in [0.2, 0.25) is 0 Å². The van der Waals surface area contributed by atoms with E-state index in [4.69, 9.17) is 0 Å². The molecule has 1 saturated heterocycles. The van der Waals surface area contributed by atoms with E-state index in [1.807, 2.05) is 0 Å². The minimum Gasteiger partial charge on any atom is -0.382 e. The fraction of sp³-hybridized carbons (Fsp3) is 0.812. The Balaban J connectivity index is 2.42. The smallest absolute Gasteiger partial charge is 0.382 e. The molecule has 0 saturated carbocycles. The summed E-state index contributed by atoms with van der Waals surface area (Å²) in [6.07, 6.45) is 0.407. The molecule has 0 unspecified atom stereocenters. The average molecular weight is 501 g/mol. The maximum Gasteiger partial charge on any atom is 0.450 e. The summed E-state index contributed by atoms with van der Waals surface area (Å²) in [5.41, 5.74) is -0.976. The third-order valence-corrected chi connectivity index (χ3v) is 8.14. The van der Waals surface area contributed by atoms with Crippen LogP contribution in [-0.4, -0.2) is 56.4 Å². The Morgan fingerprint density at radius 2 is 1.42 bits per heavy atom. The molecule has 31 heavy (non-hydrogen) atoms. The van der Waals surface area contributed by atoms with Crippen molar-refractivity contribution in [2.45, 2.75) is 62.4 Å². The SMILES string of the molecule is CC1(C)CC(=O)C=C(OS(=O)(=O)C(F)(F)C(F)(F)C(F)(F)S(=O)(=O)N2CCCCC2)C1. The van der Waals surface area contributed by atoms with Crippen molar-refractivity contribution in [1.29, 1.82) is 0 Å². The summed E-state index contributed by atoms with van der Waals surface area (Å²) in [6, 6.07) is 0. The van der Waals surface area contributed by atoms with E-state index in [0.29, 0.717) is 12.5 Å². The van der Waals surface area contributed by atoms with Gasteiger partial charge in [0, 0.05) is 32.0 Å². The molecule has 1 heterocycles. The molecule has 0 spiro atoms. The zero-order valence-corrected chi connectivity index (χ0v) is 18.1. The van der Waals surface area contributed by atoms with Crippen LogP contribution in [0, 0.1) is 5.41 Å². The van der Waals surface area contributed by atoms with Gasteiger partial charge in [-0.2, -0.15) is 39.1 Å². The number of rotatable bonds is 7. The first kappa shape index (κ1) is 25.9. The van der Waals surface area contributed by atoms with Crippen molar-refractivity contribution in [3.8, 4) is 0 Å². The fourth-order valence-electron chi connectivity index (χ4n) is 3.29. The van der Waals surface area contributed by atoms with E-state index >= 15 is 0 Å². The highest BCUT2D eigenvalue weighted by Crippen LogP contribution is 2.52. The largest absolute Gasteiger partial charge is 0.450 e. The summed E-state index contributed by atoms with van der Waals surface area (Å²) in [4.78, 5) is 11.6. The Morgan fingerprint density at radius 3 is 1.90 bits per heavy atom. The zero-order chi connectivity index (χ0) is 24.1. The van der Waals surface area contributed by atoms with E-state index in [0.717, 1.165) is 0 Å². The second-order valence-electron chi connectivity index (χ2n) is 8.20. The van der Waals surface area contributed by atoms with Gasteiger partial charge in [-0.1, -0.05) is 20.3 Å². The van der Waals surface area contributed by atoms with E-state index in [1.165, 1.54) is 13.8 Å². The molecule has 15 heteroatoms. The monoisotopic (exact) mass is 501 g/mol. The number of nitrogens with zero attached hydrogens (tertiary/aromatic N) is 1. The molecule has 0 bridgehead atoms. The first-order chi connectivity index (χ1) is 13.8. The molecule has 0 amide bonds. The van der Waals surface area contributed by atoms with Gasteiger partial charge in [0.05, 0.1) is 0 Å². The standard InChI is InChI=1S/C16H21F6NO6S2/c1-13(2)9-11(24)8-12(10-13)29-31(27,28)16(21,22)14(17,18)15(19,20)30(25,26)23-6-4-3-5-7-23/h8H,3-7,9-10H2,1-2H3. The number of ketones is 1. The lowest BCUT2D eigenvalue weighted by molar-refractivity contribution is -0.247. The number of allylic oxidation sites excluding steroid dienone is 2. The molecule has 0 aromatic heterocycles. The van der Waals surface area contributed by atoms with E-state index < -0.39 is 73.0 Å². The third-order valence-electron chi connectivity index (χ3n) is 4.87. The lowest BCUT2D eigenvalue weighted by atomic mass is 9.80. The second kappa shape index (κ2) is 7.90. The minimum absolute atomic E-state index is 0.0383. The van der Waals surface area contributed by atoms with Crippen molar-refractivity contribution in [3.05, 3.63) is 11.8 Å². The van der Waals surface area contributed by atoms with Crippen LogP contribution >= 0.6 is 0 Å². The van der Waals surface area contributed by atoms with Gasteiger partial charge in [0.25, 0.3) is 10.0 Å². The van der Waals surface area contributed by atoms with Crippen molar-refractivity contribution in [2.24, 2.45) is 5.41 Å². The van der Waals surface area contributed by atoms with Crippen molar-refractivity contribution in [1.82, 2.24) is 4.31 Å². The Morgan fingerprint density at radius 1 is 0.903 bits per heavy atom. The molecule has 2 aliphatic rings. The molecule has 1 aliphatic heterocycles. The van der Waals surface area contributed by atoms with Crippen LogP contribution in [0.5, 0.6) is 0 Å². The van der Waals surface area contributed by atoms with E-state index in [2.05, 4.69) is 4.18 Å². The molecule has 0 radical (unpaired) electrons. The number of carbonyl (C=O) groups is 1. The van der Waals surface area contributed by atoms with Gasteiger partial charge in [-0.3, -0.25) is 4.79 Å². The Labute approximate surface area is 175 Å². The Bertz CT molecular complexity index is 969. The van der Waals surface area contributed by atoms with Crippen LogP contribution in [0.3, 0.4) is 0 Å². The quantitative estimate of drug-likeness (QED) is 0.393. The van der Waals surface area contributed by atoms with E-state index in [9.17, 15) is 48.0 Å². The summed E-state index contributed by atoms with van der Waals surface area (Å²) in [5.74, 6) is -8.59. The van der Waals surface area contributed by atoms with Gasteiger partial charge in [0.15, 0.2) is 5.78 Å². The van der Waals surface area contributed by atoms with Gasteiger partial charge >= 0.3 is 26.5 Å². The first-order valence-electron chi connectivity index (χ1n) is 9.09. The topological polar surface area (TPSA) is 97.8 Å². The predicted molar refractivity (Wildman–Crippen MR) is 95.3 cm³/mol. The molecule has 1 aliphatic carbocycles. The molecule has 2 rings (SSSR count). The summed E-state index contributed by atoms with van der Waals surface area (Å²) < 4.78 is 137. The molecular formula is C16H21F6NO6S2. The number of alkyl halides is 6. The zero-order valence-electron chi connectivity index (χ0n) is 16.5. The normalized spacial score (nSPS) is 22.2. The summed E-state index contributed by atoms with van der Waals surface area (Å²) in [6.45, 7) is 1.65. The summed E-state index contributed by atoms with van der Waals surface area (Å²) >= 11 is 0. The van der Waals surface area contributed by atoms with E-state index in [-0.39, 0.29) is 23.6 Å². The van der Waals surface area contributed by atoms with Crippen molar-refractivity contribution < 1.29 is 52.2 Å². The van der Waals surface area contributed by atoms with Gasteiger partial charge in [-0.25, -0.2) is 8.42 Å². The van der Waals surface area contributed by atoms with Gasteiger partial charge < -0.3 is 4.18 Å².